The van der Waals surface area contributed by atoms with Crippen molar-refractivity contribution in [1.82, 2.24) is 9.88 Å². The van der Waals surface area contributed by atoms with E-state index in [2.05, 4.69) is 5.32 Å². The van der Waals surface area contributed by atoms with Gasteiger partial charge in [0.1, 0.15) is 18.8 Å². The lowest BCUT2D eigenvalue weighted by atomic mass is 10.1. The fourth-order valence-electron chi connectivity index (χ4n) is 2.92. The van der Waals surface area contributed by atoms with Crippen molar-refractivity contribution in [2.24, 2.45) is 0 Å². The second kappa shape index (κ2) is 8.57. The maximum absolute atomic E-state index is 12.8. The van der Waals surface area contributed by atoms with E-state index in [-0.39, 0.29) is 12.0 Å². The molecule has 0 saturated carbocycles. The molecule has 0 spiro atoms. The summed E-state index contributed by atoms with van der Waals surface area (Å²) in [6.07, 6.45) is 0.991. The van der Waals surface area contributed by atoms with Gasteiger partial charge >= 0.3 is 5.97 Å². The lowest BCUT2D eigenvalue weighted by Gasteiger charge is -2.21. The summed E-state index contributed by atoms with van der Waals surface area (Å²) in [7, 11) is 0. The Morgan fingerprint density at radius 3 is 2.56 bits per heavy atom. The fourth-order valence-corrected chi connectivity index (χ4v) is 2.92. The smallest absolute Gasteiger partial charge is 0.305 e. The SMILES string of the molecule is CC[C@@H](C(=O)NC(CC(=O)O)C(=O)CF)n1ccc2cc(C)ccc2c1=O. The molecule has 0 saturated heterocycles. The first-order chi connectivity index (χ1) is 12.8. The number of aromatic nitrogens is 1. The van der Waals surface area contributed by atoms with Crippen molar-refractivity contribution in [2.75, 3.05) is 6.67 Å². The zero-order valence-electron chi connectivity index (χ0n) is 15.1. The van der Waals surface area contributed by atoms with E-state index in [1.807, 2.05) is 13.0 Å². The van der Waals surface area contributed by atoms with Crippen LogP contribution in [0.4, 0.5) is 4.39 Å². The summed E-state index contributed by atoms with van der Waals surface area (Å²) in [6.45, 7) is 2.20. The Kier molecular flexibility index (Phi) is 6.44. The highest BCUT2D eigenvalue weighted by molar-refractivity contribution is 5.93. The van der Waals surface area contributed by atoms with E-state index in [1.54, 1.807) is 25.1 Å². The Hall–Kier alpha value is -3.03. The molecule has 0 radical (unpaired) electrons. The Labute approximate surface area is 154 Å². The van der Waals surface area contributed by atoms with Crippen molar-refractivity contribution >= 4 is 28.4 Å². The molecule has 0 aliphatic heterocycles. The number of halogens is 1. The van der Waals surface area contributed by atoms with E-state index in [1.165, 1.54) is 10.8 Å². The van der Waals surface area contributed by atoms with Gasteiger partial charge in [-0.1, -0.05) is 24.6 Å². The van der Waals surface area contributed by atoms with Crippen molar-refractivity contribution < 1.29 is 23.9 Å². The standard InChI is InChI=1S/C19H21FN2O5/c1-3-15(18(26)21-14(9-17(24)25)16(23)10-20)22-7-6-12-8-11(2)4-5-13(12)19(22)27/h4-8,14-15H,3,9-10H2,1-2H3,(H,21,26)(H,24,25)/t14?,15-/m0/s1. The molecule has 2 rings (SSSR count). The number of hydrogen-bond donors (Lipinski definition) is 2. The van der Waals surface area contributed by atoms with Gasteiger partial charge in [0.2, 0.25) is 5.91 Å². The molecule has 1 amide bonds. The molecule has 1 heterocycles. The van der Waals surface area contributed by atoms with Crippen LogP contribution < -0.4 is 10.9 Å². The topological polar surface area (TPSA) is 105 Å². The van der Waals surface area contributed by atoms with Crippen LogP contribution in [-0.2, 0) is 14.4 Å². The molecule has 0 bridgehead atoms. The van der Waals surface area contributed by atoms with Gasteiger partial charge in [0, 0.05) is 11.6 Å². The highest BCUT2D eigenvalue weighted by Gasteiger charge is 2.28. The van der Waals surface area contributed by atoms with Gasteiger partial charge in [-0.25, -0.2) is 4.39 Å². The van der Waals surface area contributed by atoms with E-state index < -0.39 is 42.8 Å². The van der Waals surface area contributed by atoms with Crippen LogP contribution in [0.1, 0.15) is 31.4 Å². The number of alkyl halides is 1. The zero-order chi connectivity index (χ0) is 20.1. The molecule has 1 aromatic carbocycles. The maximum Gasteiger partial charge on any atom is 0.305 e. The van der Waals surface area contributed by atoms with Crippen LogP contribution in [0, 0.1) is 6.92 Å². The van der Waals surface area contributed by atoms with E-state index in [0.717, 1.165) is 10.9 Å². The van der Waals surface area contributed by atoms with Gasteiger partial charge in [0.25, 0.3) is 5.56 Å². The summed E-state index contributed by atoms with van der Waals surface area (Å²) >= 11 is 0. The molecule has 1 unspecified atom stereocenters. The molecule has 0 aliphatic carbocycles. The number of hydrogen-bond acceptors (Lipinski definition) is 4. The van der Waals surface area contributed by atoms with Crippen LogP contribution in [0.5, 0.6) is 0 Å². The van der Waals surface area contributed by atoms with E-state index in [9.17, 15) is 23.6 Å². The Morgan fingerprint density at radius 1 is 1.26 bits per heavy atom. The van der Waals surface area contributed by atoms with Crippen LogP contribution in [0.15, 0.2) is 35.3 Å². The molecule has 0 fully saturated rings. The number of aliphatic carboxylic acids is 1. The third-order valence-electron chi connectivity index (χ3n) is 4.33. The fraction of sp³-hybridized carbons (Fsp3) is 0.368. The number of ketones is 1. The molecule has 0 aliphatic rings. The Bertz CT molecular complexity index is 937. The van der Waals surface area contributed by atoms with Crippen LogP contribution in [-0.4, -0.2) is 40.0 Å². The van der Waals surface area contributed by atoms with Crippen LogP contribution >= 0.6 is 0 Å². The number of aryl methyl sites for hydroxylation is 1. The third-order valence-corrected chi connectivity index (χ3v) is 4.33. The molecule has 8 heteroatoms. The molecule has 1 aromatic heterocycles. The van der Waals surface area contributed by atoms with Gasteiger partial charge in [-0.05, 0) is 30.9 Å². The summed E-state index contributed by atoms with van der Waals surface area (Å²) in [5, 5.41) is 12.3. The molecule has 2 N–H and O–H groups in total. The number of carboxylic acids is 1. The van der Waals surface area contributed by atoms with Gasteiger partial charge in [-0.15, -0.1) is 0 Å². The minimum absolute atomic E-state index is 0.229. The summed E-state index contributed by atoms with van der Waals surface area (Å²) in [4.78, 5) is 47.8. The number of Topliss-reactive ketones (excluding diaryl/α,β-unsaturated/α-hetero) is 1. The summed E-state index contributed by atoms with van der Waals surface area (Å²) in [5.41, 5.74) is 0.617. The van der Waals surface area contributed by atoms with Crippen molar-refractivity contribution in [3.05, 3.63) is 46.4 Å². The molecular formula is C19H21FN2O5. The quantitative estimate of drug-likeness (QED) is 0.730. The van der Waals surface area contributed by atoms with Crippen LogP contribution in [0.3, 0.4) is 0 Å². The normalized spacial score (nSPS) is 13.1. The average Bonchev–Trinajstić information content (AvgIpc) is 2.62. The van der Waals surface area contributed by atoms with Crippen molar-refractivity contribution in [1.29, 1.82) is 0 Å². The summed E-state index contributed by atoms with van der Waals surface area (Å²) in [6, 6.07) is 4.59. The summed E-state index contributed by atoms with van der Waals surface area (Å²) in [5.74, 6) is -3.07. The van der Waals surface area contributed by atoms with Crippen molar-refractivity contribution in [2.45, 2.75) is 38.8 Å². The highest BCUT2D eigenvalue weighted by Crippen LogP contribution is 2.16. The number of carboxylic acid groups (broad SMARTS) is 1. The molecule has 2 aromatic rings. The van der Waals surface area contributed by atoms with E-state index in [4.69, 9.17) is 5.11 Å². The Balaban J connectivity index is 2.36. The minimum Gasteiger partial charge on any atom is -0.481 e. The first-order valence-corrected chi connectivity index (χ1v) is 8.50. The molecule has 2 atom stereocenters. The number of benzene rings is 1. The highest BCUT2D eigenvalue weighted by atomic mass is 19.1. The van der Waals surface area contributed by atoms with Crippen LogP contribution in [0.2, 0.25) is 0 Å². The molecule has 144 valence electrons. The number of pyridine rings is 1. The van der Waals surface area contributed by atoms with E-state index >= 15 is 0 Å². The van der Waals surface area contributed by atoms with Gasteiger partial charge < -0.3 is 15.0 Å². The number of rotatable bonds is 8. The number of carbonyl (C=O) groups is 3. The van der Waals surface area contributed by atoms with Gasteiger partial charge in [0.05, 0.1) is 6.42 Å². The van der Waals surface area contributed by atoms with Crippen LogP contribution in [0.25, 0.3) is 10.8 Å². The molecular weight excluding hydrogens is 355 g/mol. The number of carbonyl (C=O) groups excluding carboxylic acids is 2. The number of fused-ring (bicyclic) bond motifs is 1. The summed E-state index contributed by atoms with van der Waals surface area (Å²) < 4.78 is 13.9. The molecule has 27 heavy (non-hydrogen) atoms. The lowest BCUT2D eigenvalue weighted by molar-refractivity contribution is -0.140. The second-order valence-corrected chi connectivity index (χ2v) is 6.30. The van der Waals surface area contributed by atoms with E-state index in [0.29, 0.717) is 5.39 Å². The Morgan fingerprint density at radius 2 is 1.96 bits per heavy atom. The number of nitrogens with one attached hydrogen (secondary N) is 1. The van der Waals surface area contributed by atoms with Gasteiger partial charge in [-0.2, -0.15) is 0 Å². The second-order valence-electron chi connectivity index (χ2n) is 6.30. The van der Waals surface area contributed by atoms with Crippen molar-refractivity contribution in [3.8, 4) is 0 Å². The lowest BCUT2D eigenvalue weighted by Crippen LogP contribution is -2.47. The first kappa shape index (κ1) is 20.3. The molecule has 7 nitrogen and oxygen atoms in total. The minimum atomic E-state index is -1.48. The largest absolute Gasteiger partial charge is 0.481 e. The van der Waals surface area contributed by atoms with Crippen molar-refractivity contribution in [3.63, 3.8) is 0 Å². The van der Waals surface area contributed by atoms with Gasteiger partial charge in [0.15, 0.2) is 5.78 Å². The number of nitrogens with zero attached hydrogens (tertiary/aromatic N) is 1. The number of amides is 1. The van der Waals surface area contributed by atoms with Gasteiger partial charge in [-0.3, -0.25) is 19.2 Å². The first-order valence-electron chi connectivity index (χ1n) is 8.50. The third kappa shape index (κ3) is 4.58. The monoisotopic (exact) mass is 376 g/mol. The maximum atomic E-state index is 12.8. The zero-order valence-corrected chi connectivity index (χ0v) is 15.1. The predicted octanol–water partition coefficient (Wildman–Crippen LogP) is 1.76. The average molecular weight is 376 g/mol. The predicted molar refractivity (Wildman–Crippen MR) is 97.4 cm³/mol.